The van der Waals surface area contributed by atoms with E-state index in [0.29, 0.717) is 10.9 Å². The fourth-order valence-corrected chi connectivity index (χ4v) is 2.87. The number of tetrazole rings is 1. The molecule has 24 heavy (non-hydrogen) atoms. The second-order valence-corrected chi connectivity index (χ2v) is 7.03. The number of amides is 1. The number of nitro benzene ring substituents is 1. The molecule has 1 heterocycles. The van der Waals surface area contributed by atoms with E-state index < -0.39 is 4.92 Å². The first kappa shape index (κ1) is 17.9. The van der Waals surface area contributed by atoms with Gasteiger partial charge in [-0.3, -0.25) is 14.9 Å². The lowest BCUT2D eigenvalue weighted by atomic mass is 10.1. The lowest BCUT2D eigenvalue weighted by molar-refractivity contribution is -0.383. The smallest absolute Gasteiger partial charge is 0.292 e. The van der Waals surface area contributed by atoms with Crippen molar-refractivity contribution >= 4 is 29.0 Å². The van der Waals surface area contributed by atoms with Crippen molar-refractivity contribution in [2.45, 2.75) is 37.9 Å². The number of nitrogens with one attached hydrogen (secondary N) is 1. The van der Waals surface area contributed by atoms with Crippen molar-refractivity contribution in [3.05, 3.63) is 34.4 Å². The van der Waals surface area contributed by atoms with Crippen LogP contribution in [0, 0.1) is 10.1 Å². The highest BCUT2D eigenvalue weighted by atomic mass is 32.2. The van der Waals surface area contributed by atoms with Gasteiger partial charge in [0.2, 0.25) is 11.1 Å². The van der Waals surface area contributed by atoms with Crippen molar-refractivity contribution in [2.75, 3.05) is 11.1 Å². The maximum Gasteiger partial charge on any atom is 0.292 e. The maximum atomic E-state index is 12.0. The van der Waals surface area contributed by atoms with E-state index in [-0.39, 0.29) is 29.2 Å². The molecule has 1 N–H and O–H groups in total. The van der Waals surface area contributed by atoms with Gasteiger partial charge in [0.15, 0.2) is 0 Å². The number of nitro groups is 1. The van der Waals surface area contributed by atoms with Crippen molar-refractivity contribution < 1.29 is 9.72 Å². The number of benzene rings is 1. The largest absolute Gasteiger partial charge is 0.320 e. The van der Waals surface area contributed by atoms with E-state index in [9.17, 15) is 14.9 Å². The number of thioether (sulfide) groups is 1. The fraction of sp³-hybridized carbons (Fsp3) is 0.429. The number of nitrogens with zero attached hydrogens (tertiary/aromatic N) is 5. The number of hydrogen-bond donors (Lipinski definition) is 1. The summed E-state index contributed by atoms with van der Waals surface area (Å²) < 4.78 is 1.69. The minimum atomic E-state index is -0.526. The molecule has 0 fully saturated rings. The second kappa shape index (κ2) is 7.39. The molecule has 0 bridgehead atoms. The molecule has 1 aromatic heterocycles. The van der Waals surface area contributed by atoms with Gasteiger partial charge < -0.3 is 5.32 Å². The highest BCUT2D eigenvalue weighted by molar-refractivity contribution is 7.99. The highest BCUT2D eigenvalue weighted by Crippen LogP contribution is 2.24. The Bertz CT molecular complexity index is 740. The molecule has 0 radical (unpaired) electrons. The third-order valence-corrected chi connectivity index (χ3v) is 3.93. The molecule has 2 rings (SSSR count). The van der Waals surface area contributed by atoms with Crippen LogP contribution in [0.1, 0.15) is 27.2 Å². The van der Waals surface area contributed by atoms with Crippen LogP contribution in [0.15, 0.2) is 29.4 Å². The summed E-state index contributed by atoms with van der Waals surface area (Å²) in [7, 11) is 0. The van der Waals surface area contributed by atoms with Gasteiger partial charge in [0.05, 0.1) is 10.5 Å². The van der Waals surface area contributed by atoms with Crippen molar-refractivity contribution in [3.8, 4) is 0 Å². The van der Waals surface area contributed by atoms with Crippen molar-refractivity contribution in [3.63, 3.8) is 0 Å². The summed E-state index contributed by atoms with van der Waals surface area (Å²) in [5.74, 6) is 0.162. The zero-order valence-corrected chi connectivity index (χ0v) is 14.4. The second-order valence-electron chi connectivity index (χ2n) is 5.96. The third-order valence-electron chi connectivity index (χ3n) is 3.01. The predicted octanol–water partition coefficient (Wildman–Crippen LogP) is 2.46. The standard InChI is InChI=1S/C14H18N6O3S/c1-14(2,3)19-13(16-17-18-19)24-9-8-12(21)15-10-6-4-5-7-11(10)20(22)23/h4-7H,8-9H2,1-3H3,(H,15,21). The molecule has 0 aliphatic heterocycles. The van der Waals surface area contributed by atoms with Gasteiger partial charge in [-0.2, -0.15) is 0 Å². The topological polar surface area (TPSA) is 116 Å². The molecule has 10 heteroatoms. The van der Waals surface area contributed by atoms with Gasteiger partial charge in [0, 0.05) is 18.2 Å². The van der Waals surface area contributed by atoms with Crippen LogP contribution in [-0.2, 0) is 10.3 Å². The Morgan fingerprint density at radius 2 is 2.08 bits per heavy atom. The Morgan fingerprint density at radius 3 is 2.75 bits per heavy atom. The number of hydrogen-bond acceptors (Lipinski definition) is 7. The van der Waals surface area contributed by atoms with Crippen LogP contribution in [0.25, 0.3) is 0 Å². The molecule has 0 spiro atoms. The lowest BCUT2D eigenvalue weighted by Crippen LogP contribution is -2.24. The van der Waals surface area contributed by atoms with E-state index in [4.69, 9.17) is 0 Å². The van der Waals surface area contributed by atoms with E-state index in [1.807, 2.05) is 20.8 Å². The van der Waals surface area contributed by atoms with E-state index in [1.165, 1.54) is 23.9 Å². The molecule has 9 nitrogen and oxygen atoms in total. The van der Waals surface area contributed by atoms with E-state index in [0.717, 1.165) is 0 Å². The van der Waals surface area contributed by atoms with Gasteiger partial charge in [-0.15, -0.1) is 5.10 Å². The van der Waals surface area contributed by atoms with Gasteiger partial charge in [0.25, 0.3) is 5.69 Å². The Balaban J connectivity index is 1.91. The average molecular weight is 350 g/mol. The molecular formula is C14H18N6O3S. The van der Waals surface area contributed by atoms with Gasteiger partial charge in [0.1, 0.15) is 5.69 Å². The maximum absolute atomic E-state index is 12.0. The normalized spacial score (nSPS) is 11.3. The quantitative estimate of drug-likeness (QED) is 0.483. The zero-order chi connectivity index (χ0) is 17.7. The monoisotopic (exact) mass is 350 g/mol. The summed E-state index contributed by atoms with van der Waals surface area (Å²) in [4.78, 5) is 22.4. The molecule has 0 aliphatic rings. The van der Waals surface area contributed by atoms with Gasteiger partial charge in [-0.1, -0.05) is 23.9 Å². The molecule has 0 unspecified atom stereocenters. The van der Waals surface area contributed by atoms with Crippen LogP contribution < -0.4 is 5.32 Å². The molecule has 1 aromatic carbocycles. The Hall–Kier alpha value is -2.49. The van der Waals surface area contributed by atoms with Crippen LogP contribution in [0.5, 0.6) is 0 Å². The van der Waals surface area contributed by atoms with Crippen LogP contribution in [-0.4, -0.2) is 36.8 Å². The summed E-state index contributed by atoms with van der Waals surface area (Å²) in [6.07, 6.45) is 0.188. The number of carbonyl (C=O) groups excluding carboxylic acids is 1. The van der Waals surface area contributed by atoms with Crippen molar-refractivity contribution in [2.24, 2.45) is 0 Å². The van der Waals surface area contributed by atoms with E-state index >= 15 is 0 Å². The first-order valence-corrected chi connectivity index (χ1v) is 8.22. The van der Waals surface area contributed by atoms with Crippen LogP contribution in [0.3, 0.4) is 0 Å². The molecular weight excluding hydrogens is 332 g/mol. The number of rotatable bonds is 6. The summed E-state index contributed by atoms with van der Waals surface area (Å²) in [5.41, 5.74) is -0.189. The first-order chi connectivity index (χ1) is 11.3. The third kappa shape index (κ3) is 4.51. The minimum absolute atomic E-state index is 0.129. The van der Waals surface area contributed by atoms with Crippen molar-refractivity contribution in [1.29, 1.82) is 0 Å². The number of aromatic nitrogens is 4. The van der Waals surface area contributed by atoms with Crippen molar-refractivity contribution in [1.82, 2.24) is 20.2 Å². The predicted molar refractivity (Wildman–Crippen MR) is 89.9 cm³/mol. The first-order valence-electron chi connectivity index (χ1n) is 7.24. The van der Waals surface area contributed by atoms with Gasteiger partial charge in [-0.05, 0) is 37.3 Å². The Morgan fingerprint density at radius 1 is 1.38 bits per heavy atom. The van der Waals surface area contributed by atoms with E-state index in [1.54, 1.807) is 16.8 Å². The van der Waals surface area contributed by atoms with Gasteiger partial charge >= 0.3 is 0 Å². The number of carbonyl (C=O) groups is 1. The number of para-hydroxylation sites is 2. The molecule has 0 saturated heterocycles. The summed E-state index contributed by atoms with van der Waals surface area (Å²) in [5, 5.41) is 25.7. The Kier molecular flexibility index (Phi) is 5.50. The van der Waals surface area contributed by atoms with Crippen LogP contribution in [0.2, 0.25) is 0 Å². The SMILES string of the molecule is CC(C)(C)n1nnnc1SCCC(=O)Nc1ccccc1[N+](=O)[O-]. The van der Waals surface area contributed by atoms with Crippen LogP contribution >= 0.6 is 11.8 Å². The molecule has 1 amide bonds. The fourth-order valence-electron chi connectivity index (χ4n) is 1.88. The van der Waals surface area contributed by atoms with Crippen LogP contribution in [0.4, 0.5) is 11.4 Å². The molecule has 2 aromatic rings. The molecule has 0 aliphatic carbocycles. The minimum Gasteiger partial charge on any atom is -0.320 e. The van der Waals surface area contributed by atoms with E-state index in [2.05, 4.69) is 20.8 Å². The molecule has 0 saturated carbocycles. The molecule has 128 valence electrons. The Labute approximate surface area is 143 Å². The van der Waals surface area contributed by atoms with Gasteiger partial charge in [-0.25, -0.2) is 4.68 Å². The number of anilines is 1. The average Bonchev–Trinajstić information content (AvgIpc) is 2.96. The summed E-state index contributed by atoms with van der Waals surface area (Å²) in [6, 6.07) is 6.04. The zero-order valence-electron chi connectivity index (χ0n) is 13.6. The highest BCUT2D eigenvalue weighted by Gasteiger charge is 2.20. The lowest BCUT2D eigenvalue weighted by Gasteiger charge is -2.19. The summed E-state index contributed by atoms with van der Waals surface area (Å²) in [6.45, 7) is 5.94. The molecule has 0 atom stereocenters. The summed E-state index contributed by atoms with van der Waals surface area (Å²) >= 11 is 1.36.